The van der Waals surface area contributed by atoms with Crippen LogP contribution in [0.1, 0.15) is 25.3 Å². The van der Waals surface area contributed by atoms with Crippen molar-refractivity contribution in [1.29, 1.82) is 0 Å². The number of benzene rings is 1. The molecule has 2 rings (SSSR count). The summed E-state index contributed by atoms with van der Waals surface area (Å²) >= 11 is 1.60. The number of carbonyl (C=O) groups excluding carboxylic acids is 2. The van der Waals surface area contributed by atoms with E-state index in [0.29, 0.717) is 12.8 Å². The summed E-state index contributed by atoms with van der Waals surface area (Å²) in [5.74, 6) is -0.300. The molecule has 0 radical (unpaired) electrons. The molecule has 0 spiro atoms. The van der Waals surface area contributed by atoms with Crippen molar-refractivity contribution in [3.63, 3.8) is 0 Å². The maximum Gasteiger partial charge on any atom is 0.239 e. The van der Waals surface area contributed by atoms with Crippen LogP contribution in [0.15, 0.2) is 24.3 Å². The summed E-state index contributed by atoms with van der Waals surface area (Å²) < 4.78 is 1.13. The lowest BCUT2D eigenvalue weighted by Crippen LogP contribution is -2.39. The Balaban J connectivity index is 1.77. The highest BCUT2D eigenvalue weighted by molar-refractivity contribution is 7.18. The van der Waals surface area contributed by atoms with Crippen LogP contribution >= 0.6 is 11.3 Å². The highest BCUT2D eigenvalue weighted by Crippen LogP contribution is 2.22. The van der Waals surface area contributed by atoms with E-state index in [9.17, 15) is 9.59 Å². The van der Waals surface area contributed by atoms with Crippen molar-refractivity contribution < 1.29 is 9.59 Å². The SMILES string of the molecule is CC(C)NC(=O)CNC(=O)CCc1nc2ccccc2s1. The van der Waals surface area contributed by atoms with Gasteiger partial charge >= 0.3 is 0 Å². The monoisotopic (exact) mass is 305 g/mol. The molecule has 112 valence electrons. The summed E-state index contributed by atoms with van der Waals surface area (Å²) in [6.07, 6.45) is 0.936. The van der Waals surface area contributed by atoms with E-state index >= 15 is 0 Å². The molecule has 0 bridgehead atoms. The number of amides is 2. The van der Waals surface area contributed by atoms with Crippen molar-refractivity contribution >= 4 is 33.4 Å². The van der Waals surface area contributed by atoms with Gasteiger partial charge in [-0.25, -0.2) is 4.98 Å². The summed E-state index contributed by atoms with van der Waals surface area (Å²) in [5, 5.41) is 6.29. The van der Waals surface area contributed by atoms with Crippen LogP contribution in [0.2, 0.25) is 0 Å². The van der Waals surface area contributed by atoms with Gasteiger partial charge in [0.05, 0.1) is 21.8 Å². The number of nitrogens with zero attached hydrogens (tertiary/aromatic N) is 1. The molecule has 0 aliphatic heterocycles. The molecule has 0 saturated heterocycles. The Morgan fingerprint density at radius 3 is 2.71 bits per heavy atom. The first-order chi connectivity index (χ1) is 10.0. The lowest BCUT2D eigenvalue weighted by Gasteiger charge is -2.08. The van der Waals surface area contributed by atoms with E-state index in [1.165, 1.54) is 0 Å². The summed E-state index contributed by atoms with van der Waals surface area (Å²) in [5.41, 5.74) is 0.967. The quantitative estimate of drug-likeness (QED) is 0.856. The van der Waals surface area contributed by atoms with E-state index in [4.69, 9.17) is 0 Å². The minimum absolute atomic E-state index is 0.0247. The largest absolute Gasteiger partial charge is 0.352 e. The van der Waals surface area contributed by atoms with Crippen molar-refractivity contribution in [2.75, 3.05) is 6.54 Å². The molecule has 1 aromatic carbocycles. The maximum absolute atomic E-state index is 11.7. The highest BCUT2D eigenvalue weighted by atomic mass is 32.1. The molecule has 21 heavy (non-hydrogen) atoms. The van der Waals surface area contributed by atoms with Gasteiger partial charge in [0.15, 0.2) is 0 Å². The molecule has 0 fully saturated rings. The first-order valence-electron chi connectivity index (χ1n) is 6.95. The van der Waals surface area contributed by atoms with Crippen LogP contribution in [-0.4, -0.2) is 29.4 Å². The fraction of sp³-hybridized carbons (Fsp3) is 0.400. The summed E-state index contributed by atoms with van der Waals surface area (Å²) in [4.78, 5) is 27.6. The van der Waals surface area contributed by atoms with E-state index < -0.39 is 0 Å². The van der Waals surface area contributed by atoms with Crippen LogP contribution in [-0.2, 0) is 16.0 Å². The highest BCUT2D eigenvalue weighted by Gasteiger charge is 2.09. The lowest BCUT2D eigenvalue weighted by molar-refractivity contribution is -0.126. The first-order valence-corrected chi connectivity index (χ1v) is 7.77. The summed E-state index contributed by atoms with van der Waals surface area (Å²) in [7, 11) is 0. The number of aryl methyl sites for hydroxylation is 1. The smallest absolute Gasteiger partial charge is 0.239 e. The van der Waals surface area contributed by atoms with Gasteiger partial charge in [-0.1, -0.05) is 12.1 Å². The second-order valence-corrected chi connectivity index (χ2v) is 6.19. The standard InChI is InChI=1S/C15H19N3O2S/c1-10(2)17-14(20)9-16-13(19)7-8-15-18-11-5-3-4-6-12(11)21-15/h3-6,10H,7-9H2,1-2H3,(H,16,19)(H,17,20). The van der Waals surface area contributed by atoms with E-state index in [1.54, 1.807) is 11.3 Å². The van der Waals surface area contributed by atoms with Crippen molar-refractivity contribution in [1.82, 2.24) is 15.6 Å². The van der Waals surface area contributed by atoms with Crippen LogP contribution in [0.4, 0.5) is 0 Å². The second kappa shape index (κ2) is 7.17. The zero-order valence-electron chi connectivity index (χ0n) is 12.2. The molecule has 6 heteroatoms. The minimum atomic E-state index is -0.168. The Labute approximate surface area is 127 Å². The Hall–Kier alpha value is -1.95. The molecule has 2 aromatic rings. The third-order valence-electron chi connectivity index (χ3n) is 2.80. The normalized spacial score (nSPS) is 10.8. The van der Waals surface area contributed by atoms with Gasteiger partial charge in [-0.15, -0.1) is 11.3 Å². The maximum atomic E-state index is 11.7. The average molecular weight is 305 g/mol. The third kappa shape index (κ3) is 4.82. The van der Waals surface area contributed by atoms with Crippen molar-refractivity contribution in [3.05, 3.63) is 29.3 Å². The molecule has 2 N–H and O–H groups in total. The van der Waals surface area contributed by atoms with Crippen LogP contribution in [0, 0.1) is 0 Å². The number of aromatic nitrogens is 1. The van der Waals surface area contributed by atoms with Gasteiger partial charge in [0.2, 0.25) is 11.8 Å². The first kappa shape index (κ1) is 15.4. The number of nitrogens with one attached hydrogen (secondary N) is 2. The number of hydrogen-bond acceptors (Lipinski definition) is 4. The van der Waals surface area contributed by atoms with Crippen LogP contribution in [0.5, 0.6) is 0 Å². The minimum Gasteiger partial charge on any atom is -0.352 e. The molecule has 1 heterocycles. The van der Waals surface area contributed by atoms with Crippen LogP contribution in [0.25, 0.3) is 10.2 Å². The van der Waals surface area contributed by atoms with Crippen molar-refractivity contribution in [2.45, 2.75) is 32.7 Å². The van der Waals surface area contributed by atoms with Gasteiger partial charge in [0.25, 0.3) is 0 Å². The second-order valence-electron chi connectivity index (χ2n) is 5.07. The van der Waals surface area contributed by atoms with Gasteiger partial charge in [0, 0.05) is 18.9 Å². The van der Waals surface area contributed by atoms with Gasteiger partial charge in [-0.2, -0.15) is 0 Å². The van der Waals surface area contributed by atoms with Gasteiger partial charge in [-0.3, -0.25) is 9.59 Å². The molecule has 0 aliphatic rings. The number of para-hydroxylation sites is 1. The number of carbonyl (C=O) groups is 2. The lowest BCUT2D eigenvalue weighted by atomic mass is 10.3. The molecular weight excluding hydrogens is 286 g/mol. The van der Waals surface area contributed by atoms with Crippen molar-refractivity contribution in [3.8, 4) is 0 Å². The molecule has 0 unspecified atom stereocenters. The zero-order valence-corrected chi connectivity index (χ0v) is 13.0. The summed E-state index contributed by atoms with van der Waals surface area (Å²) in [6, 6.07) is 7.99. The molecule has 2 amide bonds. The molecule has 1 aromatic heterocycles. The Bertz CT molecular complexity index is 604. The number of fused-ring (bicyclic) bond motifs is 1. The fourth-order valence-electron chi connectivity index (χ4n) is 1.89. The van der Waals surface area contributed by atoms with Gasteiger partial charge < -0.3 is 10.6 Å². The van der Waals surface area contributed by atoms with Crippen LogP contribution in [0.3, 0.4) is 0 Å². The molecular formula is C15H19N3O2S. The van der Waals surface area contributed by atoms with Crippen LogP contribution < -0.4 is 10.6 Å². The topological polar surface area (TPSA) is 71.1 Å². The fourth-order valence-corrected chi connectivity index (χ4v) is 2.85. The molecule has 0 atom stereocenters. The molecule has 0 saturated carbocycles. The Morgan fingerprint density at radius 1 is 1.24 bits per heavy atom. The Kier molecular flexibility index (Phi) is 5.27. The zero-order chi connectivity index (χ0) is 15.2. The van der Waals surface area contributed by atoms with Gasteiger partial charge in [0.1, 0.15) is 0 Å². The number of hydrogen-bond donors (Lipinski definition) is 2. The summed E-state index contributed by atoms with van der Waals surface area (Å²) in [6.45, 7) is 3.79. The number of thiazole rings is 1. The number of rotatable bonds is 6. The predicted octanol–water partition coefficient (Wildman–Crippen LogP) is 1.87. The van der Waals surface area contributed by atoms with Gasteiger partial charge in [-0.05, 0) is 26.0 Å². The van der Waals surface area contributed by atoms with E-state index in [-0.39, 0.29) is 24.4 Å². The van der Waals surface area contributed by atoms with E-state index in [0.717, 1.165) is 15.2 Å². The van der Waals surface area contributed by atoms with E-state index in [1.807, 2.05) is 38.1 Å². The third-order valence-corrected chi connectivity index (χ3v) is 3.90. The molecule has 5 nitrogen and oxygen atoms in total. The predicted molar refractivity (Wildman–Crippen MR) is 84.2 cm³/mol. The van der Waals surface area contributed by atoms with Crippen molar-refractivity contribution in [2.24, 2.45) is 0 Å². The Morgan fingerprint density at radius 2 is 2.00 bits per heavy atom. The van der Waals surface area contributed by atoms with E-state index in [2.05, 4.69) is 15.6 Å². The molecule has 0 aliphatic carbocycles. The average Bonchev–Trinajstić information content (AvgIpc) is 2.85.